The zero-order valence-corrected chi connectivity index (χ0v) is 11.9. The lowest BCUT2D eigenvalue weighted by molar-refractivity contribution is -0.143. The normalized spacial score (nSPS) is 13.5. The lowest BCUT2D eigenvalue weighted by Crippen LogP contribution is -2.12. The van der Waals surface area contributed by atoms with Crippen LogP contribution < -0.4 is 0 Å². The fraction of sp³-hybridized carbons (Fsp3) is 0.800. The molecule has 2 nitrogen and oxygen atoms in total. The minimum absolute atomic E-state index is 0.0688. The van der Waals surface area contributed by atoms with Gasteiger partial charge in [-0.1, -0.05) is 38.3 Å². The zero-order valence-electron chi connectivity index (χ0n) is 11.9. The third kappa shape index (κ3) is 8.00. The van der Waals surface area contributed by atoms with Crippen LogP contribution in [0.25, 0.3) is 0 Å². The highest BCUT2D eigenvalue weighted by Crippen LogP contribution is 2.20. The molecule has 0 saturated carbocycles. The Labute approximate surface area is 106 Å². The molecule has 2 heteroatoms. The van der Waals surface area contributed by atoms with Gasteiger partial charge in [0.2, 0.25) is 0 Å². The molecule has 0 N–H and O–H groups in total. The molecule has 1 atom stereocenters. The van der Waals surface area contributed by atoms with E-state index in [1.54, 1.807) is 0 Å². The highest BCUT2D eigenvalue weighted by atomic mass is 16.5. The van der Waals surface area contributed by atoms with E-state index in [1.165, 1.54) is 24.8 Å². The molecule has 100 valence electrons. The van der Waals surface area contributed by atoms with Crippen molar-refractivity contribution < 1.29 is 9.53 Å². The summed E-state index contributed by atoms with van der Waals surface area (Å²) in [6.07, 6.45) is 8.77. The third-order valence-electron chi connectivity index (χ3n) is 3.13. The molecule has 0 spiro atoms. The van der Waals surface area contributed by atoms with Crippen LogP contribution in [-0.2, 0) is 9.53 Å². The molecule has 0 fully saturated rings. The minimum atomic E-state index is -0.0688. The van der Waals surface area contributed by atoms with Gasteiger partial charge in [0.05, 0.1) is 13.0 Å². The maximum atomic E-state index is 11.4. The molecule has 0 radical (unpaired) electrons. The van der Waals surface area contributed by atoms with Crippen molar-refractivity contribution in [3.63, 3.8) is 0 Å². The van der Waals surface area contributed by atoms with Crippen LogP contribution in [0.15, 0.2) is 11.6 Å². The number of esters is 1. The van der Waals surface area contributed by atoms with Crippen molar-refractivity contribution in [2.45, 2.75) is 66.2 Å². The fourth-order valence-electron chi connectivity index (χ4n) is 1.94. The van der Waals surface area contributed by atoms with Crippen LogP contribution >= 0.6 is 0 Å². The molecule has 0 aliphatic carbocycles. The summed E-state index contributed by atoms with van der Waals surface area (Å²) in [6, 6.07) is 0. The van der Waals surface area contributed by atoms with E-state index in [0.29, 0.717) is 18.9 Å². The SMILES string of the molecule is CCCCCC=C(C)C(CC)CC(=O)OCC. The first-order valence-electron chi connectivity index (χ1n) is 6.97. The first-order chi connectivity index (χ1) is 8.15. The molecule has 0 heterocycles. The van der Waals surface area contributed by atoms with Gasteiger partial charge in [0.15, 0.2) is 0 Å². The highest BCUT2D eigenvalue weighted by Gasteiger charge is 2.14. The van der Waals surface area contributed by atoms with Crippen LogP contribution in [0.1, 0.15) is 66.2 Å². The van der Waals surface area contributed by atoms with E-state index in [2.05, 4.69) is 26.8 Å². The van der Waals surface area contributed by atoms with E-state index >= 15 is 0 Å². The smallest absolute Gasteiger partial charge is 0.306 e. The lowest BCUT2D eigenvalue weighted by atomic mass is 9.93. The summed E-state index contributed by atoms with van der Waals surface area (Å²) in [5, 5.41) is 0. The average molecular weight is 240 g/mol. The first kappa shape index (κ1) is 16.2. The van der Waals surface area contributed by atoms with E-state index in [0.717, 1.165) is 12.8 Å². The van der Waals surface area contributed by atoms with Gasteiger partial charge < -0.3 is 4.74 Å². The van der Waals surface area contributed by atoms with Crippen LogP contribution in [0, 0.1) is 5.92 Å². The van der Waals surface area contributed by atoms with Gasteiger partial charge in [-0.05, 0) is 39.0 Å². The molecule has 0 aromatic rings. The molecular formula is C15H28O2. The molecule has 0 aromatic carbocycles. The number of carbonyl (C=O) groups is 1. The summed E-state index contributed by atoms with van der Waals surface area (Å²) < 4.78 is 5.00. The van der Waals surface area contributed by atoms with E-state index in [1.807, 2.05) is 6.92 Å². The molecule has 17 heavy (non-hydrogen) atoms. The van der Waals surface area contributed by atoms with Gasteiger partial charge in [-0.2, -0.15) is 0 Å². The Hall–Kier alpha value is -0.790. The monoisotopic (exact) mass is 240 g/mol. The predicted octanol–water partition coefficient (Wildman–Crippen LogP) is 4.49. The van der Waals surface area contributed by atoms with Gasteiger partial charge in [-0.25, -0.2) is 0 Å². The van der Waals surface area contributed by atoms with Gasteiger partial charge in [0, 0.05) is 0 Å². The van der Waals surface area contributed by atoms with E-state index < -0.39 is 0 Å². The molecule has 0 saturated heterocycles. The van der Waals surface area contributed by atoms with Crippen molar-refractivity contribution in [1.82, 2.24) is 0 Å². The van der Waals surface area contributed by atoms with Crippen LogP contribution in [0.3, 0.4) is 0 Å². The second-order valence-electron chi connectivity index (χ2n) is 4.56. The second-order valence-corrected chi connectivity index (χ2v) is 4.56. The molecule has 0 rings (SSSR count). The predicted molar refractivity (Wildman–Crippen MR) is 72.9 cm³/mol. The van der Waals surface area contributed by atoms with Gasteiger partial charge in [0.1, 0.15) is 0 Å². The molecule has 0 amide bonds. The average Bonchev–Trinajstić information content (AvgIpc) is 2.31. The summed E-state index contributed by atoms with van der Waals surface area (Å²) in [7, 11) is 0. The van der Waals surface area contributed by atoms with E-state index in [-0.39, 0.29) is 5.97 Å². The molecule has 0 aromatic heterocycles. The summed E-state index contributed by atoms with van der Waals surface area (Å²) in [5.41, 5.74) is 1.34. The Morgan fingerprint density at radius 3 is 2.47 bits per heavy atom. The largest absolute Gasteiger partial charge is 0.466 e. The van der Waals surface area contributed by atoms with Crippen molar-refractivity contribution in [2.75, 3.05) is 6.61 Å². The number of carbonyl (C=O) groups excluding carboxylic acids is 1. The number of allylic oxidation sites excluding steroid dienone is 2. The maximum Gasteiger partial charge on any atom is 0.306 e. The number of hydrogen-bond donors (Lipinski definition) is 0. The zero-order chi connectivity index (χ0) is 13.1. The Balaban J connectivity index is 4.10. The summed E-state index contributed by atoms with van der Waals surface area (Å²) >= 11 is 0. The van der Waals surface area contributed by atoms with Crippen LogP contribution in [0.5, 0.6) is 0 Å². The van der Waals surface area contributed by atoms with Gasteiger partial charge >= 0.3 is 5.97 Å². The van der Waals surface area contributed by atoms with Crippen LogP contribution in [0.4, 0.5) is 0 Å². The van der Waals surface area contributed by atoms with E-state index in [9.17, 15) is 4.79 Å². The quantitative estimate of drug-likeness (QED) is 0.337. The Bertz CT molecular complexity index is 231. The summed E-state index contributed by atoms with van der Waals surface area (Å²) in [5.74, 6) is 0.288. The standard InChI is InChI=1S/C15H28O2/c1-5-8-9-10-11-13(4)14(6-2)12-15(16)17-7-3/h11,14H,5-10,12H2,1-4H3. The number of ether oxygens (including phenoxy) is 1. The van der Waals surface area contributed by atoms with Crippen molar-refractivity contribution in [1.29, 1.82) is 0 Å². The third-order valence-corrected chi connectivity index (χ3v) is 3.13. The number of unbranched alkanes of at least 4 members (excludes halogenated alkanes) is 3. The molecule has 0 bridgehead atoms. The Morgan fingerprint density at radius 2 is 1.94 bits per heavy atom. The van der Waals surface area contributed by atoms with Gasteiger partial charge in [-0.15, -0.1) is 0 Å². The Kier molecular flexibility index (Phi) is 9.89. The maximum absolute atomic E-state index is 11.4. The van der Waals surface area contributed by atoms with Crippen molar-refractivity contribution >= 4 is 5.97 Å². The molecular weight excluding hydrogens is 212 g/mol. The van der Waals surface area contributed by atoms with Crippen LogP contribution in [0.2, 0.25) is 0 Å². The van der Waals surface area contributed by atoms with Crippen LogP contribution in [-0.4, -0.2) is 12.6 Å². The van der Waals surface area contributed by atoms with Crippen molar-refractivity contribution in [3.05, 3.63) is 11.6 Å². The van der Waals surface area contributed by atoms with E-state index in [4.69, 9.17) is 4.74 Å². The summed E-state index contributed by atoms with van der Waals surface area (Å²) in [6.45, 7) is 8.82. The fourth-order valence-corrected chi connectivity index (χ4v) is 1.94. The van der Waals surface area contributed by atoms with Crippen molar-refractivity contribution in [3.8, 4) is 0 Å². The molecule has 0 aliphatic rings. The van der Waals surface area contributed by atoms with Gasteiger partial charge in [-0.3, -0.25) is 4.79 Å². The number of rotatable bonds is 9. The second kappa shape index (κ2) is 10.4. The Morgan fingerprint density at radius 1 is 1.24 bits per heavy atom. The minimum Gasteiger partial charge on any atom is -0.466 e. The lowest BCUT2D eigenvalue weighted by Gasteiger charge is -2.15. The topological polar surface area (TPSA) is 26.3 Å². The highest BCUT2D eigenvalue weighted by molar-refractivity contribution is 5.70. The van der Waals surface area contributed by atoms with Crippen molar-refractivity contribution in [2.24, 2.45) is 5.92 Å². The summed E-state index contributed by atoms with van der Waals surface area (Å²) in [4.78, 5) is 11.4. The van der Waals surface area contributed by atoms with Gasteiger partial charge in [0.25, 0.3) is 0 Å². The first-order valence-corrected chi connectivity index (χ1v) is 6.97. The number of hydrogen-bond acceptors (Lipinski definition) is 2. The molecule has 1 unspecified atom stereocenters. The molecule has 0 aliphatic heterocycles.